The van der Waals surface area contributed by atoms with Gasteiger partial charge in [-0.2, -0.15) is 0 Å². The van der Waals surface area contributed by atoms with Crippen LogP contribution in [0, 0.1) is 0 Å². The van der Waals surface area contributed by atoms with E-state index in [9.17, 15) is 44.1 Å². The standard InChI is InChI=1S/C30H21N3O12/c34-22-10-13(28(40)41)1-4-19(22)31-25(37)16-7-17(26(38)32-20-5-2-14(29(42)43)11-23(20)35)9-18(8-16)27(39)33-21-6-3-15(30(44)45)12-24(21)36/h1-12,34-36H,(H,31,37)(H,32,38)(H,33,39)(H,40,41)(H,42,43)(H,44,45). The molecule has 4 aromatic rings. The summed E-state index contributed by atoms with van der Waals surface area (Å²) >= 11 is 0. The van der Waals surface area contributed by atoms with Crippen LogP contribution < -0.4 is 16.0 Å². The molecule has 0 bridgehead atoms. The third-order valence-corrected chi connectivity index (χ3v) is 6.20. The highest BCUT2D eigenvalue weighted by atomic mass is 16.4. The predicted octanol–water partition coefficient (Wildman–Crippen LogP) is 3.65. The van der Waals surface area contributed by atoms with E-state index >= 15 is 0 Å². The number of carbonyl (C=O) groups is 6. The second-order valence-electron chi connectivity index (χ2n) is 9.27. The van der Waals surface area contributed by atoms with E-state index < -0.39 is 52.9 Å². The minimum Gasteiger partial charge on any atom is -0.506 e. The van der Waals surface area contributed by atoms with E-state index in [1.807, 2.05) is 0 Å². The molecule has 228 valence electrons. The van der Waals surface area contributed by atoms with Crippen molar-refractivity contribution in [3.05, 3.63) is 106 Å². The number of aromatic carboxylic acids is 3. The van der Waals surface area contributed by atoms with Gasteiger partial charge in [0.15, 0.2) is 0 Å². The van der Waals surface area contributed by atoms with E-state index in [0.717, 1.165) is 72.8 Å². The van der Waals surface area contributed by atoms with Crippen molar-refractivity contribution in [2.75, 3.05) is 16.0 Å². The molecule has 45 heavy (non-hydrogen) atoms. The van der Waals surface area contributed by atoms with Crippen LogP contribution in [0.15, 0.2) is 72.8 Å². The molecule has 15 nitrogen and oxygen atoms in total. The fourth-order valence-corrected chi connectivity index (χ4v) is 3.92. The Morgan fingerprint density at radius 2 is 0.622 bits per heavy atom. The van der Waals surface area contributed by atoms with Gasteiger partial charge in [-0.05, 0) is 72.8 Å². The van der Waals surface area contributed by atoms with E-state index in [1.165, 1.54) is 0 Å². The average molecular weight is 616 g/mol. The molecular formula is C30H21N3O12. The molecule has 0 aliphatic rings. The summed E-state index contributed by atoms with van der Waals surface area (Å²) in [7, 11) is 0. The van der Waals surface area contributed by atoms with Crippen LogP contribution in [-0.4, -0.2) is 66.3 Å². The Labute approximate surface area is 251 Å². The highest BCUT2D eigenvalue weighted by Gasteiger charge is 2.20. The quantitative estimate of drug-likeness (QED) is 0.122. The summed E-state index contributed by atoms with van der Waals surface area (Å²) in [6, 6.07) is 12.6. The van der Waals surface area contributed by atoms with Crippen LogP contribution in [0.25, 0.3) is 0 Å². The molecule has 0 aromatic heterocycles. The summed E-state index contributed by atoms with van der Waals surface area (Å²) in [5, 5.41) is 64.8. The van der Waals surface area contributed by atoms with Crippen molar-refractivity contribution < 1.29 is 59.4 Å². The lowest BCUT2D eigenvalue weighted by molar-refractivity contribution is 0.0686. The van der Waals surface area contributed by atoms with Crippen molar-refractivity contribution in [2.24, 2.45) is 0 Å². The van der Waals surface area contributed by atoms with Gasteiger partial charge >= 0.3 is 17.9 Å². The lowest BCUT2D eigenvalue weighted by Gasteiger charge is -2.13. The van der Waals surface area contributed by atoms with Crippen LogP contribution in [0.4, 0.5) is 17.1 Å². The number of hydrogen-bond donors (Lipinski definition) is 9. The van der Waals surface area contributed by atoms with Gasteiger partial charge in [-0.15, -0.1) is 0 Å². The lowest BCUT2D eigenvalue weighted by atomic mass is 10.0. The predicted molar refractivity (Wildman–Crippen MR) is 155 cm³/mol. The molecule has 0 atom stereocenters. The normalized spacial score (nSPS) is 10.4. The molecule has 0 aliphatic carbocycles. The van der Waals surface area contributed by atoms with Gasteiger partial charge < -0.3 is 46.6 Å². The van der Waals surface area contributed by atoms with Gasteiger partial charge in [-0.1, -0.05) is 0 Å². The molecule has 4 rings (SSSR count). The monoisotopic (exact) mass is 615 g/mol. The van der Waals surface area contributed by atoms with Crippen LogP contribution in [0.5, 0.6) is 17.2 Å². The average Bonchev–Trinajstić information content (AvgIpc) is 2.99. The number of carbonyl (C=O) groups excluding carboxylic acids is 3. The molecule has 0 heterocycles. The smallest absolute Gasteiger partial charge is 0.335 e. The van der Waals surface area contributed by atoms with E-state index in [2.05, 4.69) is 16.0 Å². The number of phenolic OH excluding ortho intramolecular Hbond substituents is 3. The number of carboxylic acid groups (broad SMARTS) is 3. The number of aromatic hydroxyl groups is 3. The Balaban J connectivity index is 1.70. The van der Waals surface area contributed by atoms with Gasteiger partial charge in [0.2, 0.25) is 0 Å². The van der Waals surface area contributed by atoms with E-state index in [0.29, 0.717) is 0 Å². The Morgan fingerprint density at radius 1 is 0.378 bits per heavy atom. The number of nitrogens with one attached hydrogen (secondary N) is 3. The van der Waals surface area contributed by atoms with Gasteiger partial charge in [-0.25, -0.2) is 14.4 Å². The zero-order chi connectivity index (χ0) is 33.0. The summed E-state index contributed by atoms with van der Waals surface area (Å²) in [5.41, 5.74) is -2.28. The van der Waals surface area contributed by atoms with E-state index in [4.69, 9.17) is 15.3 Å². The first-order valence-corrected chi connectivity index (χ1v) is 12.5. The van der Waals surface area contributed by atoms with Crippen molar-refractivity contribution in [1.82, 2.24) is 0 Å². The lowest BCUT2D eigenvalue weighted by Crippen LogP contribution is -2.19. The Hall–Kier alpha value is -6.90. The minimum absolute atomic E-state index is 0.197. The number of anilines is 3. The van der Waals surface area contributed by atoms with Crippen molar-refractivity contribution >= 4 is 52.7 Å². The van der Waals surface area contributed by atoms with E-state index in [1.54, 1.807) is 0 Å². The summed E-state index contributed by atoms with van der Waals surface area (Å²) in [6.07, 6.45) is 0. The van der Waals surface area contributed by atoms with Crippen LogP contribution in [0.1, 0.15) is 62.1 Å². The Kier molecular flexibility index (Phi) is 8.65. The molecule has 15 heteroatoms. The maximum absolute atomic E-state index is 13.2. The van der Waals surface area contributed by atoms with Crippen molar-refractivity contribution in [1.29, 1.82) is 0 Å². The molecule has 0 fully saturated rings. The second kappa shape index (κ2) is 12.5. The zero-order valence-corrected chi connectivity index (χ0v) is 22.6. The second-order valence-corrected chi connectivity index (χ2v) is 9.27. The van der Waals surface area contributed by atoms with Crippen molar-refractivity contribution in [3.63, 3.8) is 0 Å². The van der Waals surface area contributed by atoms with E-state index in [-0.39, 0.29) is 50.4 Å². The van der Waals surface area contributed by atoms with Crippen molar-refractivity contribution in [2.45, 2.75) is 0 Å². The first kappa shape index (κ1) is 31.0. The third-order valence-electron chi connectivity index (χ3n) is 6.20. The molecule has 0 aliphatic heterocycles. The highest BCUT2D eigenvalue weighted by Crippen LogP contribution is 2.28. The third kappa shape index (κ3) is 7.12. The van der Waals surface area contributed by atoms with Crippen LogP contribution in [0.2, 0.25) is 0 Å². The highest BCUT2D eigenvalue weighted by molar-refractivity contribution is 6.13. The molecule has 4 aromatic carbocycles. The summed E-state index contributed by atoms with van der Waals surface area (Å²) < 4.78 is 0. The molecule has 9 N–H and O–H groups in total. The zero-order valence-electron chi connectivity index (χ0n) is 22.6. The largest absolute Gasteiger partial charge is 0.506 e. The van der Waals surface area contributed by atoms with Gasteiger partial charge in [0.05, 0.1) is 33.8 Å². The van der Waals surface area contributed by atoms with Crippen molar-refractivity contribution in [3.8, 4) is 17.2 Å². The topological polar surface area (TPSA) is 260 Å². The number of rotatable bonds is 9. The van der Waals surface area contributed by atoms with Gasteiger partial charge in [0.25, 0.3) is 17.7 Å². The van der Waals surface area contributed by atoms with Gasteiger partial charge in [0.1, 0.15) is 17.2 Å². The number of amides is 3. The number of hydrogen-bond acceptors (Lipinski definition) is 9. The molecular weight excluding hydrogens is 594 g/mol. The van der Waals surface area contributed by atoms with Crippen LogP contribution in [0.3, 0.4) is 0 Å². The Morgan fingerprint density at radius 3 is 0.822 bits per heavy atom. The molecule has 3 amide bonds. The molecule has 0 saturated heterocycles. The van der Waals surface area contributed by atoms with Crippen LogP contribution in [-0.2, 0) is 0 Å². The Bertz CT molecular complexity index is 1690. The number of carboxylic acids is 3. The maximum Gasteiger partial charge on any atom is 0.335 e. The SMILES string of the molecule is O=C(O)c1ccc(NC(=O)c2cc(C(=O)Nc3ccc(C(=O)O)cc3O)cc(C(=O)Nc3ccc(C(=O)O)cc3O)c2)c(O)c1. The maximum atomic E-state index is 13.2. The molecule has 0 spiro atoms. The minimum atomic E-state index is -1.33. The molecule has 0 unspecified atom stereocenters. The van der Waals surface area contributed by atoms with Crippen LogP contribution >= 0.6 is 0 Å². The molecule has 0 radical (unpaired) electrons. The summed E-state index contributed by atoms with van der Waals surface area (Å²) in [5.74, 6) is -8.58. The van der Waals surface area contributed by atoms with Gasteiger partial charge in [-0.3, -0.25) is 14.4 Å². The fraction of sp³-hybridized carbons (Fsp3) is 0. The fourth-order valence-electron chi connectivity index (χ4n) is 3.92. The number of phenols is 3. The first-order chi connectivity index (χ1) is 21.2. The number of benzene rings is 4. The first-order valence-electron chi connectivity index (χ1n) is 12.5. The summed E-state index contributed by atoms with van der Waals surface area (Å²) in [4.78, 5) is 73.0. The summed E-state index contributed by atoms with van der Waals surface area (Å²) in [6.45, 7) is 0. The van der Waals surface area contributed by atoms with Gasteiger partial charge in [0, 0.05) is 16.7 Å². The molecule has 0 saturated carbocycles.